The number of ether oxygens (including phenoxy) is 1. The van der Waals surface area contributed by atoms with Crippen LogP contribution in [0.4, 0.5) is 10.1 Å². The Morgan fingerprint density at radius 1 is 1.14 bits per heavy atom. The number of carbonyl (C=O) groups is 1. The Kier molecular flexibility index (Phi) is 4.93. The second-order valence-electron chi connectivity index (χ2n) is 4.92. The summed E-state index contributed by atoms with van der Waals surface area (Å²) in [7, 11) is 0. The summed E-state index contributed by atoms with van der Waals surface area (Å²) in [6.07, 6.45) is 0.241. The first-order chi connectivity index (χ1) is 10.0. The van der Waals surface area contributed by atoms with Gasteiger partial charge in [0.1, 0.15) is 11.6 Å². The highest BCUT2D eigenvalue weighted by Crippen LogP contribution is 2.19. The molecule has 0 radical (unpaired) electrons. The molecule has 0 heterocycles. The predicted molar refractivity (Wildman–Crippen MR) is 81.1 cm³/mol. The van der Waals surface area contributed by atoms with E-state index in [1.165, 1.54) is 24.3 Å². The van der Waals surface area contributed by atoms with E-state index in [1.54, 1.807) is 0 Å². The zero-order chi connectivity index (χ0) is 15.2. The summed E-state index contributed by atoms with van der Waals surface area (Å²) in [5, 5.41) is 2.70. The van der Waals surface area contributed by atoms with Gasteiger partial charge in [0, 0.05) is 5.69 Å². The monoisotopic (exact) mass is 287 g/mol. The van der Waals surface area contributed by atoms with Crippen LogP contribution in [0.15, 0.2) is 42.5 Å². The maximum Gasteiger partial charge on any atom is 0.227 e. The van der Waals surface area contributed by atoms with E-state index < -0.39 is 0 Å². The van der Waals surface area contributed by atoms with Crippen molar-refractivity contribution in [3.8, 4) is 5.75 Å². The highest BCUT2D eigenvalue weighted by Gasteiger charge is 2.05. The Balaban J connectivity index is 1.81. The van der Waals surface area contributed by atoms with Gasteiger partial charge in [-0.25, -0.2) is 4.39 Å². The summed E-state index contributed by atoms with van der Waals surface area (Å²) in [6.45, 7) is 4.26. The molecule has 0 fully saturated rings. The molecule has 0 aliphatic rings. The number of hydrogen-bond acceptors (Lipinski definition) is 2. The largest absolute Gasteiger partial charge is 0.493 e. The van der Waals surface area contributed by atoms with Gasteiger partial charge < -0.3 is 10.1 Å². The van der Waals surface area contributed by atoms with E-state index in [0.29, 0.717) is 12.3 Å². The number of rotatable bonds is 5. The number of nitrogens with one attached hydrogen (secondary N) is 1. The minimum absolute atomic E-state index is 0.160. The van der Waals surface area contributed by atoms with Gasteiger partial charge in [-0.15, -0.1) is 0 Å². The third kappa shape index (κ3) is 4.60. The van der Waals surface area contributed by atoms with E-state index in [2.05, 4.69) is 5.32 Å². The van der Waals surface area contributed by atoms with Crippen LogP contribution in [0.2, 0.25) is 0 Å². The Bertz CT molecular complexity index is 623. The third-order valence-electron chi connectivity index (χ3n) is 3.06. The van der Waals surface area contributed by atoms with E-state index >= 15 is 0 Å². The first kappa shape index (κ1) is 15.0. The topological polar surface area (TPSA) is 38.3 Å². The summed E-state index contributed by atoms with van der Waals surface area (Å²) in [6, 6.07) is 11.6. The molecule has 0 spiro atoms. The first-order valence-electron chi connectivity index (χ1n) is 6.80. The molecule has 0 bridgehead atoms. The first-order valence-corrected chi connectivity index (χ1v) is 6.80. The molecule has 2 rings (SSSR count). The third-order valence-corrected chi connectivity index (χ3v) is 3.06. The van der Waals surface area contributed by atoms with Crippen LogP contribution in [0.5, 0.6) is 5.75 Å². The van der Waals surface area contributed by atoms with Crippen molar-refractivity contribution in [2.75, 3.05) is 11.9 Å². The normalized spacial score (nSPS) is 10.2. The highest BCUT2D eigenvalue weighted by atomic mass is 19.1. The van der Waals surface area contributed by atoms with Gasteiger partial charge >= 0.3 is 0 Å². The molecule has 3 nitrogen and oxygen atoms in total. The number of aryl methyl sites for hydroxylation is 2. The number of hydrogen-bond donors (Lipinski definition) is 1. The van der Waals surface area contributed by atoms with Crippen molar-refractivity contribution in [3.63, 3.8) is 0 Å². The molecule has 0 aliphatic carbocycles. The van der Waals surface area contributed by atoms with Gasteiger partial charge in [-0.1, -0.05) is 12.1 Å². The number of amides is 1. The van der Waals surface area contributed by atoms with Crippen molar-refractivity contribution >= 4 is 11.6 Å². The lowest BCUT2D eigenvalue weighted by Crippen LogP contribution is -2.15. The van der Waals surface area contributed by atoms with E-state index in [-0.39, 0.29) is 18.1 Å². The molecule has 1 N–H and O–H groups in total. The predicted octanol–water partition coefficient (Wildman–Crippen LogP) is 3.85. The summed E-state index contributed by atoms with van der Waals surface area (Å²) in [4.78, 5) is 11.8. The number of carbonyl (C=O) groups excluding carboxylic acids is 1. The average molecular weight is 287 g/mol. The van der Waals surface area contributed by atoms with Gasteiger partial charge in [0.25, 0.3) is 0 Å². The zero-order valence-corrected chi connectivity index (χ0v) is 12.2. The quantitative estimate of drug-likeness (QED) is 0.907. The molecule has 0 saturated heterocycles. The molecule has 0 atom stereocenters. The number of benzene rings is 2. The maximum absolute atomic E-state index is 12.8. The van der Waals surface area contributed by atoms with Crippen molar-refractivity contribution in [1.82, 2.24) is 0 Å². The smallest absolute Gasteiger partial charge is 0.227 e. The van der Waals surface area contributed by atoms with E-state index in [9.17, 15) is 9.18 Å². The summed E-state index contributed by atoms with van der Waals surface area (Å²) in [5.41, 5.74) is 2.74. The molecule has 2 aromatic carbocycles. The van der Waals surface area contributed by atoms with Crippen molar-refractivity contribution in [2.24, 2.45) is 0 Å². The molecule has 0 aromatic heterocycles. The van der Waals surface area contributed by atoms with Crippen molar-refractivity contribution in [3.05, 3.63) is 59.4 Å². The lowest BCUT2D eigenvalue weighted by Gasteiger charge is -2.10. The van der Waals surface area contributed by atoms with E-state index in [1.807, 2.05) is 32.0 Å². The second kappa shape index (κ2) is 6.88. The van der Waals surface area contributed by atoms with Gasteiger partial charge in [0.05, 0.1) is 13.0 Å². The Labute approximate surface area is 123 Å². The van der Waals surface area contributed by atoms with Crippen LogP contribution in [0.1, 0.15) is 17.5 Å². The summed E-state index contributed by atoms with van der Waals surface area (Å²) >= 11 is 0. The fraction of sp³-hybridized carbons (Fsp3) is 0.235. The number of halogens is 1. The molecule has 0 unspecified atom stereocenters. The molecular formula is C17H18FNO2. The van der Waals surface area contributed by atoms with Crippen LogP contribution in [0.3, 0.4) is 0 Å². The van der Waals surface area contributed by atoms with Crippen LogP contribution < -0.4 is 10.1 Å². The highest BCUT2D eigenvalue weighted by molar-refractivity contribution is 5.90. The Morgan fingerprint density at radius 2 is 1.86 bits per heavy atom. The average Bonchev–Trinajstić information content (AvgIpc) is 2.45. The van der Waals surface area contributed by atoms with Crippen LogP contribution in [-0.4, -0.2) is 12.5 Å². The van der Waals surface area contributed by atoms with Crippen molar-refractivity contribution in [1.29, 1.82) is 0 Å². The van der Waals surface area contributed by atoms with E-state index in [4.69, 9.17) is 4.74 Å². The van der Waals surface area contributed by atoms with Gasteiger partial charge in [-0.3, -0.25) is 4.79 Å². The Morgan fingerprint density at radius 3 is 2.57 bits per heavy atom. The van der Waals surface area contributed by atoms with Crippen LogP contribution in [0, 0.1) is 19.7 Å². The minimum Gasteiger partial charge on any atom is -0.493 e. The Hall–Kier alpha value is -2.36. The van der Waals surface area contributed by atoms with Crippen LogP contribution in [-0.2, 0) is 4.79 Å². The van der Waals surface area contributed by atoms with E-state index in [0.717, 1.165) is 16.9 Å². The number of anilines is 1. The molecular weight excluding hydrogens is 269 g/mol. The van der Waals surface area contributed by atoms with Crippen LogP contribution in [0.25, 0.3) is 0 Å². The van der Waals surface area contributed by atoms with Gasteiger partial charge in [0.2, 0.25) is 5.91 Å². The molecule has 0 aliphatic heterocycles. The fourth-order valence-corrected chi connectivity index (χ4v) is 1.87. The molecule has 4 heteroatoms. The lowest BCUT2D eigenvalue weighted by atomic mass is 10.1. The SMILES string of the molecule is Cc1ccc(C)c(OCCC(=O)Nc2ccc(F)cc2)c1. The standard InChI is InChI=1S/C17H18FNO2/c1-12-3-4-13(2)16(11-12)21-10-9-17(20)19-15-7-5-14(18)6-8-15/h3-8,11H,9-10H2,1-2H3,(H,19,20). The lowest BCUT2D eigenvalue weighted by molar-refractivity contribution is -0.116. The van der Waals surface area contributed by atoms with Crippen LogP contribution >= 0.6 is 0 Å². The fourth-order valence-electron chi connectivity index (χ4n) is 1.87. The molecule has 2 aromatic rings. The second-order valence-corrected chi connectivity index (χ2v) is 4.92. The molecule has 0 saturated carbocycles. The molecule has 1 amide bonds. The summed E-state index contributed by atoms with van der Waals surface area (Å²) < 4.78 is 18.4. The van der Waals surface area contributed by atoms with Gasteiger partial charge in [0.15, 0.2) is 0 Å². The van der Waals surface area contributed by atoms with Gasteiger partial charge in [-0.05, 0) is 55.3 Å². The molecule has 110 valence electrons. The molecule has 21 heavy (non-hydrogen) atoms. The summed E-state index contributed by atoms with van der Waals surface area (Å²) in [5.74, 6) is 0.308. The van der Waals surface area contributed by atoms with Crippen molar-refractivity contribution in [2.45, 2.75) is 20.3 Å². The maximum atomic E-state index is 12.8. The van der Waals surface area contributed by atoms with Gasteiger partial charge in [-0.2, -0.15) is 0 Å². The van der Waals surface area contributed by atoms with Crippen molar-refractivity contribution < 1.29 is 13.9 Å². The zero-order valence-electron chi connectivity index (χ0n) is 12.2. The minimum atomic E-state index is -0.328.